The van der Waals surface area contributed by atoms with E-state index in [1.807, 2.05) is 19.9 Å². The van der Waals surface area contributed by atoms with E-state index in [0.717, 1.165) is 0 Å². The fraction of sp³-hybridized carbons (Fsp3) is 0.438. The van der Waals surface area contributed by atoms with Gasteiger partial charge >= 0.3 is 5.97 Å². The highest BCUT2D eigenvalue weighted by Gasteiger charge is 2.28. The zero-order chi connectivity index (χ0) is 16.5. The van der Waals surface area contributed by atoms with Crippen LogP contribution in [0.15, 0.2) is 18.2 Å². The fourth-order valence-corrected chi connectivity index (χ4v) is 1.85. The first kappa shape index (κ1) is 17.5. The summed E-state index contributed by atoms with van der Waals surface area (Å²) in [5.74, 6) is -2.18. The van der Waals surface area contributed by atoms with Crippen LogP contribution in [-0.4, -0.2) is 31.6 Å². The van der Waals surface area contributed by atoms with Crippen LogP contribution in [0.25, 0.3) is 0 Å². The first-order valence-corrected chi connectivity index (χ1v) is 7.09. The van der Waals surface area contributed by atoms with Crippen LogP contribution in [0.1, 0.15) is 32.3 Å². The molecule has 0 fully saturated rings. The molecule has 0 amide bonds. The fourth-order valence-electron chi connectivity index (χ4n) is 1.85. The Labute approximate surface area is 129 Å². The van der Waals surface area contributed by atoms with Crippen LogP contribution in [0, 0.1) is 11.3 Å². The number of carbonyl (C=O) groups is 2. The summed E-state index contributed by atoms with van der Waals surface area (Å²) in [4.78, 5) is 23.5. The average molecular weight is 305 g/mol. The number of rotatable bonds is 8. The number of nitrogens with zero attached hydrogens (tertiary/aromatic N) is 1. The zero-order valence-corrected chi connectivity index (χ0v) is 12.9. The SMILES string of the molecule is CCOC(=O)C(=O)C(C#N)c1ccc(OCC)c(OCC)c1. The molecule has 0 aliphatic heterocycles. The average Bonchev–Trinajstić information content (AvgIpc) is 2.51. The Hall–Kier alpha value is -2.55. The van der Waals surface area contributed by atoms with Gasteiger partial charge < -0.3 is 14.2 Å². The molecule has 1 atom stereocenters. The Morgan fingerprint density at radius 1 is 1.09 bits per heavy atom. The van der Waals surface area contributed by atoms with Gasteiger partial charge in [-0.3, -0.25) is 4.79 Å². The lowest BCUT2D eigenvalue weighted by Crippen LogP contribution is -2.23. The van der Waals surface area contributed by atoms with Crippen LogP contribution >= 0.6 is 0 Å². The molecule has 0 bridgehead atoms. The van der Waals surface area contributed by atoms with Gasteiger partial charge in [-0.05, 0) is 38.5 Å². The highest BCUT2D eigenvalue weighted by molar-refractivity contribution is 6.36. The molecule has 1 unspecified atom stereocenters. The van der Waals surface area contributed by atoms with E-state index in [4.69, 9.17) is 9.47 Å². The van der Waals surface area contributed by atoms with Gasteiger partial charge in [0, 0.05) is 0 Å². The smallest absolute Gasteiger partial charge is 0.376 e. The molecule has 0 saturated carbocycles. The summed E-state index contributed by atoms with van der Waals surface area (Å²) >= 11 is 0. The summed E-state index contributed by atoms with van der Waals surface area (Å²) in [7, 11) is 0. The molecule has 22 heavy (non-hydrogen) atoms. The van der Waals surface area contributed by atoms with Gasteiger partial charge in [0.1, 0.15) is 5.92 Å². The largest absolute Gasteiger partial charge is 0.490 e. The molecule has 0 heterocycles. The van der Waals surface area contributed by atoms with Crippen molar-refractivity contribution in [2.45, 2.75) is 26.7 Å². The normalized spacial score (nSPS) is 11.2. The molecule has 6 heteroatoms. The van der Waals surface area contributed by atoms with Crippen molar-refractivity contribution in [2.75, 3.05) is 19.8 Å². The minimum absolute atomic E-state index is 0.0796. The van der Waals surface area contributed by atoms with Gasteiger partial charge in [0.15, 0.2) is 11.5 Å². The van der Waals surface area contributed by atoms with Gasteiger partial charge in [-0.25, -0.2) is 4.79 Å². The quantitative estimate of drug-likeness (QED) is 0.541. The van der Waals surface area contributed by atoms with Gasteiger partial charge in [0.2, 0.25) is 0 Å². The van der Waals surface area contributed by atoms with Crippen LogP contribution in [0.3, 0.4) is 0 Å². The first-order chi connectivity index (χ1) is 10.6. The third-order valence-electron chi connectivity index (χ3n) is 2.77. The second-order valence-corrected chi connectivity index (χ2v) is 4.22. The van der Waals surface area contributed by atoms with Gasteiger partial charge in [0.05, 0.1) is 25.9 Å². The van der Waals surface area contributed by atoms with Crippen LogP contribution < -0.4 is 9.47 Å². The minimum Gasteiger partial charge on any atom is -0.490 e. The Balaban J connectivity index is 3.12. The lowest BCUT2D eigenvalue weighted by Gasteiger charge is -2.14. The molecule has 118 valence electrons. The van der Waals surface area contributed by atoms with Crippen molar-refractivity contribution in [1.29, 1.82) is 5.26 Å². The monoisotopic (exact) mass is 305 g/mol. The van der Waals surface area contributed by atoms with Gasteiger partial charge in [-0.15, -0.1) is 0 Å². The second-order valence-electron chi connectivity index (χ2n) is 4.22. The summed E-state index contributed by atoms with van der Waals surface area (Å²) in [6, 6.07) is 6.56. The minimum atomic E-state index is -1.23. The maximum Gasteiger partial charge on any atom is 0.376 e. The van der Waals surface area contributed by atoms with E-state index in [1.54, 1.807) is 25.1 Å². The molecule has 1 aromatic rings. The third kappa shape index (κ3) is 4.22. The standard InChI is InChI=1S/C16H19NO5/c1-4-20-13-8-7-11(9-14(13)21-5-2)12(10-17)15(18)16(19)22-6-3/h7-9,12H,4-6H2,1-3H3. The van der Waals surface area contributed by atoms with Gasteiger partial charge in [-0.1, -0.05) is 6.07 Å². The van der Waals surface area contributed by atoms with E-state index >= 15 is 0 Å². The van der Waals surface area contributed by atoms with Crippen molar-refractivity contribution in [1.82, 2.24) is 0 Å². The van der Waals surface area contributed by atoms with Crippen LogP contribution in [0.5, 0.6) is 11.5 Å². The Morgan fingerprint density at radius 3 is 2.27 bits per heavy atom. The molecule has 6 nitrogen and oxygen atoms in total. The lowest BCUT2D eigenvalue weighted by atomic mass is 9.95. The molecule has 0 saturated heterocycles. The molecule has 0 spiro atoms. The molecule has 0 aliphatic carbocycles. The molecule has 0 N–H and O–H groups in total. The predicted molar refractivity (Wildman–Crippen MR) is 78.8 cm³/mol. The van der Waals surface area contributed by atoms with Gasteiger partial charge in [0.25, 0.3) is 5.78 Å². The van der Waals surface area contributed by atoms with Crippen LogP contribution in [-0.2, 0) is 14.3 Å². The third-order valence-corrected chi connectivity index (χ3v) is 2.77. The summed E-state index contributed by atoms with van der Waals surface area (Å²) < 4.78 is 15.5. The Kier molecular flexibility index (Phi) is 6.90. The Bertz CT molecular complexity index is 576. The molecular formula is C16H19NO5. The summed E-state index contributed by atoms with van der Waals surface area (Å²) in [5.41, 5.74) is 0.368. The van der Waals surface area contributed by atoms with Crippen molar-refractivity contribution < 1.29 is 23.8 Å². The summed E-state index contributed by atoms with van der Waals surface area (Å²) in [6.07, 6.45) is 0. The van der Waals surface area contributed by atoms with E-state index in [-0.39, 0.29) is 6.61 Å². The maximum absolute atomic E-state index is 12.0. The highest BCUT2D eigenvalue weighted by Crippen LogP contribution is 2.31. The van der Waals surface area contributed by atoms with Crippen molar-refractivity contribution >= 4 is 11.8 Å². The number of benzene rings is 1. The predicted octanol–water partition coefficient (Wildman–Crippen LogP) is 2.22. The number of Topliss-reactive ketones (excluding diaryl/α,β-unsaturated/α-hetero) is 1. The topological polar surface area (TPSA) is 85.6 Å². The maximum atomic E-state index is 12.0. The molecule has 1 rings (SSSR count). The number of hydrogen-bond donors (Lipinski definition) is 0. The van der Waals surface area contributed by atoms with E-state index < -0.39 is 17.7 Å². The molecule has 0 aromatic heterocycles. The van der Waals surface area contributed by atoms with Gasteiger partial charge in [-0.2, -0.15) is 5.26 Å². The van der Waals surface area contributed by atoms with Crippen molar-refractivity contribution in [3.8, 4) is 17.6 Å². The first-order valence-electron chi connectivity index (χ1n) is 7.09. The number of ketones is 1. The number of hydrogen-bond acceptors (Lipinski definition) is 6. The lowest BCUT2D eigenvalue weighted by molar-refractivity contribution is -0.153. The van der Waals surface area contributed by atoms with E-state index in [0.29, 0.717) is 30.3 Å². The highest BCUT2D eigenvalue weighted by atomic mass is 16.5. The number of nitriles is 1. The zero-order valence-electron chi connectivity index (χ0n) is 12.9. The Morgan fingerprint density at radius 2 is 1.73 bits per heavy atom. The second kappa shape index (κ2) is 8.67. The number of carbonyl (C=O) groups excluding carboxylic acids is 2. The summed E-state index contributed by atoms with van der Waals surface area (Å²) in [5, 5.41) is 9.21. The van der Waals surface area contributed by atoms with Crippen LogP contribution in [0.2, 0.25) is 0 Å². The molecule has 0 aliphatic rings. The number of ether oxygens (including phenoxy) is 3. The van der Waals surface area contributed by atoms with Crippen molar-refractivity contribution in [3.05, 3.63) is 23.8 Å². The van der Waals surface area contributed by atoms with Crippen molar-refractivity contribution in [3.63, 3.8) is 0 Å². The van der Waals surface area contributed by atoms with E-state index in [2.05, 4.69) is 4.74 Å². The van der Waals surface area contributed by atoms with E-state index in [1.165, 1.54) is 0 Å². The summed E-state index contributed by atoms with van der Waals surface area (Å²) in [6.45, 7) is 6.20. The number of esters is 1. The van der Waals surface area contributed by atoms with Crippen LogP contribution in [0.4, 0.5) is 0 Å². The van der Waals surface area contributed by atoms with E-state index in [9.17, 15) is 14.9 Å². The van der Waals surface area contributed by atoms with Crippen molar-refractivity contribution in [2.24, 2.45) is 0 Å². The molecular weight excluding hydrogens is 286 g/mol. The molecule has 1 aromatic carbocycles. The molecule has 0 radical (unpaired) electrons.